The zero-order valence-electron chi connectivity index (χ0n) is 15.2. The Labute approximate surface area is 167 Å². The third kappa shape index (κ3) is 5.21. The average Bonchev–Trinajstić information content (AvgIpc) is 3.15. The molecular weight excluding hydrogens is 375 g/mol. The first kappa shape index (κ1) is 19.6. The van der Waals surface area contributed by atoms with Crippen LogP contribution in [0.15, 0.2) is 72.1 Å². The predicted octanol–water partition coefficient (Wildman–Crippen LogP) is 4.11. The van der Waals surface area contributed by atoms with Crippen molar-refractivity contribution in [2.75, 3.05) is 17.2 Å². The average molecular weight is 394 g/mol. The first-order chi connectivity index (χ1) is 13.7. The van der Waals surface area contributed by atoms with Crippen molar-refractivity contribution < 1.29 is 9.18 Å². The van der Waals surface area contributed by atoms with Gasteiger partial charge in [0.1, 0.15) is 5.82 Å². The Hall–Kier alpha value is -3.11. The molecular formula is C21H19FN4OS. The Balaban J connectivity index is 1.67. The zero-order valence-corrected chi connectivity index (χ0v) is 16.0. The summed E-state index contributed by atoms with van der Waals surface area (Å²) in [6.45, 7) is 0.938. The number of rotatable bonds is 8. The number of anilines is 1. The van der Waals surface area contributed by atoms with Crippen LogP contribution in [0.1, 0.15) is 12.0 Å². The van der Waals surface area contributed by atoms with E-state index in [4.69, 9.17) is 5.26 Å². The molecule has 0 saturated heterocycles. The zero-order chi connectivity index (χ0) is 19.8. The summed E-state index contributed by atoms with van der Waals surface area (Å²) in [5.41, 5.74) is 1.73. The number of nitriles is 1. The van der Waals surface area contributed by atoms with Crippen LogP contribution in [-0.4, -0.2) is 27.8 Å². The van der Waals surface area contributed by atoms with E-state index in [1.165, 1.54) is 28.8 Å². The van der Waals surface area contributed by atoms with Gasteiger partial charge in [0.15, 0.2) is 5.16 Å². The van der Waals surface area contributed by atoms with Crippen LogP contribution in [0.3, 0.4) is 0 Å². The van der Waals surface area contributed by atoms with Crippen molar-refractivity contribution in [1.82, 2.24) is 9.55 Å². The van der Waals surface area contributed by atoms with E-state index in [-0.39, 0.29) is 30.4 Å². The topological polar surface area (TPSA) is 61.9 Å². The maximum absolute atomic E-state index is 13.2. The SMILES string of the molecule is N#CCCN(C(=O)CSc1nccn1Cc1ccccc1)c1ccc(F)cc1. The molecule has 1 amide bonds. The summed E-state index contributed by atoms with van der Waals surface area (Å²) in [5, 5.41) is 9.62. The Kier molecular flexibility index (Phi) is 6.82. The van der Waals surface area contributed by atoms with E-state index < -0.39 is 0 Å². The normalized spacial score (nSPS) is 10.4. The van der Waals surface area contributed by atoms with Crippen molar-refractivity contribution in [3.8, 4) is 6.07 Å². The fourth-order valence-corrected chi connectivity index (χ4v) is 3.56. The Morgan fingerprint density at radius 1 is 1.18 bits per heavy atom. The second-order valence-electron chi connectivity index (χ2n) is 6.04. The Bertz CT molecular complexity index is 951. The molecule has 0 bridgehead atoms. The van der Waals surface area contributed by atoms with Crippen molar-refractivity contribution >= 4 is 23.4 Å². The maximum atomic E-state index is 13.2. The molecule has 0 radical (unpaired) electrons. The van der Waals surface area contributed by atoms with Crippen molar-refractivity contribution in [3.05, 3.63) is 78.4 Å². The van der Waals surface area contributed by atoms with Gasteiger partial charge < -0.3 is 9.47 Å². The van der Waals surface area contributed by atoms with Gasteiger partial charge in [0, 0.05) is 31.2 Å². The second kappa shape index (κ2) is 9.72. The minimum Gasteiger partial charge on any atom is -0.322 e. The molecule has 0 saturated carbocycles. The number of halogens is 1. The number of hydrogen-bond donors (Lipinski definition) is 0. The van der Waals surface area contributed by atoms with Gasteiger partial charge in [-0.3, -0.25) is 4.79 Å². The van der Waals surface area contributed by atoms with Crippen LogP contribution in [0.5, 0.6) is 0 Å². The molecule has 0 aliphatic rings. The largest absolute Gasteiger partial charge is 0.322 e. The Morgan fingerprint density at radius 2 is 1.93 bits per heavy atom. The summed E-state index contributed by atoms with van der Waals surface area (Å²) in [5.74, 6) is -0.343. The number of carbonyl (C=O) groups excluding carboxylic acids is 1. The fourth-order valence-electron chi connectivity index (χ4n) is 2.72. The summed E-state index contributed by atoms with van der Waals surface area (Å²) in [7, 11) is 0. The lowest BCUT2D eigenvalue weighted by Crippen LogP contribution is -2.33. The standard InChI is InChI=1S/C21H19FN4OS/c22-18-7-9-19(10-8-18)26(13-4-11-23)20(27)16-28-21-24-12-14-25(21)15-17-5-2-1-3-6-17/h1-3,5-10,12,14H,4,13,15-16H2. The summed E-state index contributed by atoms with van der Waals surface area (Å²) in [6, 6.07) is 17.8. The molecule has 1 aromatic heterocycles. The van der Waals surface area contributed by atoms with Gasteiger partial charge in [-0.25, -0.2) is 9.37 Å². The lowest BCUT2D eigenvalue weighted by molar-refractivity contribution is -0.116. The molecule has 3 rings (SSSR count). The molecule has 1 heterocycles. The lowest BCUT2D eigenvalue weighted by atomic mass is 10.2. The first-order valence-corrected chi connectivity index (χ1v) is 9.76. The van der Waals surface area contributed by atoms with Crippen LogP contribution in [-0.2, 0) is 11.3 Å². The highest BCUT2D eigenvalue weighted by molar-refractivity contribution is 7.99. The number of benzene rings is 2. The summed E-state index contributed by atoms with van der Waals surface area (Å²) in [4.78, 5) is 18.6. The highest BCUT2D eigenvalue weighted by atomic mass is 32.2. The minimum absolute atomic E-state index is 0.152. The number of thioether (sulfide) groups is 1. The summed E-state index contributed by atoms with van der Waals surface area (Å²) < 4.78 is 15.2. The fraction of sp³-hybridized carbons (Fsp3) is 0.190. The van der Waals surface area contributed by atoms with Crippen molar-refractivity contribution in [1.29, 1.82) is 5.26 Å². The van der Waals surface area contributed by atoms with E-state index in [2.05, 4.69) is 4.98 Å². The summed E-state index contributed by atoms with van der Waals surface area (Å²) >= 11 is 1.34. The third-order valence-electron chi connectivity index (χ3n) is 4.08. The molecule has 5 nitrogen and oxygen atoms in total. The molecule has 0 aliphatic heterocycles. The van der Waals surface area contributed by atoms with Gasteiger partial charge in [-0.1, -0.05) is 42.1 Å². The lowest BCUT2D eigenvalue weighted by Gasteiger charge is -2.21. The minimum atomic E-state index is -0.367. The first-order valence-electron chi connectivity index (χ1n) is 8.78. The van der Waals surface area contributed by atoms with E-state index in [0.717, 1.165) is 10.7 Å². The van der Waals surface area contributed by atoms with Gasteiger partial charge in [0.05, 0.1) is 18.2 Å². The highest BCUT2D eigenvalue weighted by Gasteiger charge is 2.17. The molecule has 0 fully saturated rings. The van der Waals surface area contributed by atoms with Crippen LogP contribution in [0.2, 0.25) is 0 Å². The van der Waals surface area contributed by atoms with Crippen LogP contribution >= 0.6 is 11.8 Å². The number of aromatic nitrogens is 2. The monoisotopic (exact) mass is 394 g/mol. The molecule has 2 aromatic carbocycles. The van der Waals surface area contributed by atoms with Crippen molar-refractivity contribution in [3.63, 3.8) is 0 Å². The Morgan fingerprint density at radius 3 is 2.64 bits per heavy atom. The smallest absolute Gasteiger partial charge is 0.237 e. The van der Waals surface area contributed by atoms with Gasteiger partial charge in [0.2, 0.25) is 5.91 Å². The van der Waals surface area contributed by atoms with Gasteiger partial charge in [-0.15, -0.1) is 0 Å². The van der Waals surface area contributed by atoms with E-state index in [9.17, 15) is 9.18 Å². The van der Waals surface area contributed by atoms with E-state index in [0.29, 0.717) is 12.2 Å². The van der Waals surface area contributed by atoms with E-state index in [1.54, 1.807) is 18.3 Å². The van der Waals surface area contributed by atoms with E-state index in [1.807, 2.05) is 47.2 Å². The van der Waals surface area contributed by atoms with Crippen molar-refractivity contribution in [2.24, 2.45) is 0 Å². The van der Waals surface area contributed by atoms with Gasteiger partial charge >= 0.3 is 0 Å². The molecule has 3 aromatic rings. The number of nitrogens with zero attached hydrogens (tertiary/aromatic N) is 4. The molecule has 0 N–H and O–H groups in total. The number of amides is 1. The van der Waals surface area contributed by atoms with Gasteiger partial charge in [-0.05, 0) is 29.8 Å². The molecule has 0 unspecified atom stereocenters. The molecule has 0 aliphatic carbocycles. The molecule has 0 spiro atoms. The highest BCUT2D eigenvalue weighted by Crippen LogP contribution is 2.21. The molecule has 7 heteroatoms. The number of hydrogen-bond acceptors (Lipinski definition) is 4. The molecule has 0 atom stereocenters. The quantitative estimate of drug-likeness (QED) is 0.540. The molecule has 28 heavy (non-hydrogen) atoms. The van der Waals surface area contributed by atoms with Crippen LogP contribution in [0.25, 0.3) is 0 Å². The third-order valence-corrected chi connectivity index (χ3v) is 5.07. The molecule has 142 valence electrons. The van der Waals surface area contributed by atoms with E-state index >= 15 is 0 Å². The predicted molar refractivity (Wildman–Crippen MR) is 107 cm³/mol. The van der Waals surface area contributed by atoms with Crippen molar-refractivity contribution in [2.45, 2.75) is 18.1 Å². The maximum Gasteiger partial charge on any atom is 0.237 e. The van der Waals surface area contributed by atoms with Gasteiger partial charge in [-0.2, -0.15) is 5.26 Å². The number of carbonyl (C=O) groups is 1. The van der Waals surface area contributed by atoms with Gasteiger partial charge in [0.25, 0.3) is 0 Å². The van der Waals surface area contributed by atoms with Crippen LogP contribution in [0, 0.1) is 17.1 Å². The number of imidazole rings is 1. The van der Waals surface area contributed by atoms with Crippen LogP contribution in [0.4, 0.5) is 10.1 Å². The summed E-state index contributed by atoms with van der Waals surface area (Å²) in [6.07, 6.45) is 3.80. The van der Waals surface area contributed by atoms with Crippen LogP contribution < -0.4 is 4.90 Å². The second-order valence-corrected chi connectivity index (χ2v) is 6.98.